The molecular formula is C17H27N3O2. The Hall–Kier alpha value is -1.36. The number of likely N-dealkylation sites (tertiary alicyclic amines) is 2. The van der Waals surface area contributed by atoms with Crippen molar-refractivity contribution < 1.29 is 9.32 Å². The third-order valence-corrected chi connectivity index (χ3v) is 4.97. The van der Waals surface area contributed by atoms with Crippen LogP contribution < -0.4 is 0 Å². The molecule has 1 atom stereocenters. The molecule has 1 amide bonds. The number of rotatable bonds is 3. The molecule has 2 fully saturated rings. The van der Waals surface area contributed by atoms with Crippen LogP contribution in [-0.2, 0) is 0 Å². The lowest BCUT2D eigenvalue weighted by Crippen LogP contribution is -2.49. The number of aryl methyl sites for hydroxylation is 1. The van der Waals surface area contributed by atoms with E-state index in [-0.39, 0.29) is 11.8 Å². The second kappa shape index (κ2) is 6.41. The fraction of sp³-hybridized carbons (Fsp3) is 0.765. The van der Waals surface area contributed by atoms with Gasteiger partial charge in [0.1, 0.15) is 5.56 Å². The van der Waals surface area contributed by atoms with Crippen molar-refractivity contribution in [2.45, 2.75) is 58.4 Å². The van der Waals surface area contributed by atoms with Gasteiger partial charge < -0.3 is 9.42 Å². The van der Waals surface area contributed by atoms with E-state index >= 15 is 0 Å². The molecule has 5 heteroatoms. The Morgan fingerprint density at radius 2 is 1.95 bits per heavy atom. The van der Waals surface area contributed by atoms with Crippen LogP contribution in [0.3, 0.4) is 0 Å². The van der Waals surface area contributed by atoms with Crippen LogP contribution in [0.4, 0.5) is 0 Å². The highest BCUT2D eigenvalue weighted by Gasteiger charge is 2.32. The quantitative estimate of drug-likeness (QED) is 0.861. The minimum atomic E-state index is 0.103. The first-order valence-electron chi connectivity index (χ1n) is 8.57. The van der Waals surface area contributed by atoms with Crippen LogP contribution in [-0.4, -0.2) is 53.1 Å². The zero-order valence-corrected chi connectivity index (χ0v) is 14.0. The van der Waals surface area contributed by atoms with Crippen molar-refractivity contribution in [1.29, 1.82) is 0 Å². The first-order chi connectivity index (χ1) is 10.6. The summed E-state index contributed by atoms with van der Waals surface area (Å²) in [6.45, 7) is 10.0. The molecule has 0 radical (unpaired) electrons. The van der Waals surface area contributed by atoms with Crippen LogP contribution in [0.5, 0.6) is 0 Å². The summed E-state index contributed by atoms with van der Waals surface area (Å²) in [6.07, 6.45) is 4.90. The Labute approximate surface area is 132 Å². The minimum absolute atomic E-state index is 0.103. The van der Waals surface area contributed by atoms with Crippen molar-refractivity contribution in [3.63, 3.8) is 0 Å². The van der Waals surface area contributed by atoms with E-state index in [1.807, 2.05) is 25.7 Å². The molecule has 2 aliphatic heterocycles. The molecule has 122 valence electrons. The minimum Gasteiger partial charge on any atom is -0.360 e. The molecule has 2 saturated heterocycles. The molecule has 0 N–H and O–H groups in total. The van der Waals surface area contributed by atoms with Gasteiger partial charge in [-0.3, -0.25) is 9.69 Å². The van der Waals surface area contributed by atoms with Gasteiger partial charge >= 0.3 is 0 Å². The Morgan fingerprint density at radius 1 is 1.23 bits per heavy atom. The lowest BCUT2D eigenvalue weighted by atomic mass is 10.0. The molecule has 1 aromatic rings. The van der Waals surface area contributed by atoms with Gasteiger partial charge in [0.25, 0.3) is 5.91 Å². The highest BCUT2D eigenvalue weighted by atomic mass is 16.5. The summed E-state index contributed by atoms with van der Waals surface area (Å²) >= 11 is 0. The van der Waals surface area contributed by atoms with Crippen LogP contribution in [0, 0.1) is 6.92 Å². The third-order valence-electron chi connectivity index (χ3n) is 4.97. The summed E-state index contributed by atoms with van der Waals surface area (Å²) in [5, 5.41) is 4.02. The predicted molar refractivity (Wildman–Crippen MR) is 85.1 cm³/mol. The Morgan fingerprint density at radius 3 is 2.64 bits per heavy atom. The van der Waals surface area contributed by atoms with Gasteiger partial charge in [0.05, 0.1) is 5.69 Å². The largest absolute Gasteiger partial charge is 0.360 e. The number of carbonyl (C=O) groups excluding carboxylic acids is 1. The van der Waals surface area contributed by atoms with E-state index in [0.29, 0.717) is 11.6 Å². The molecule has 0 bridgehead atoms. The van der Waals surface area contributed by atoms with Crippen LogP contribution in [0.15, 0.2) is 4.52 Å². The van der Waals surface area contributed by atoms with Gasteiger partial charge in [-0.2, -0.15) is 0 Å². The maximum absolute atomic E-state index is 13.0. The van der Waals surface area contributed by atoms with E-state index in [1.165, 1.54) is 32.4 Å². The fourth-order valence-electron chi connectivity index (χ4n) is 3.74. The highest BCUT2D eigenvalue weighted by molar-refractivity contribution is 5.96. The molecule has 22 heavy (non-hydrogen) atoms. The third kappa shape index (κ3) is 2.91. The zero-order chi connectivity index (χ0) is 15.7. The lowest BCUT2D eigenvalue weighted by Gasteiger charge is -2.37. The van der Waals surface area contributed by atoms with E-state index in [4.69, 9.17) is 4.52 Å². The predicted octanol–water partition coefficient (Wildman–Crippen LogP) is 2.81. The molecule has 1 aromatic heterocycles. The van der Waals surface area contributed by atoms with Crippen LogP contribution >= 0.6 is 0 Å². The number of hydrogen-bond donors (Lipinski definition) is 0. The average Bonchev–Trinajstić information content (AvgIpc) is 3.16. The van der Waals surface area contributed by atoms with E-state index in [9.17, 15) is 4.79 Å². The van der Waals surface area contributed by atoms with Gasteiger partial charge in [-0.05, 0) is 45.7 Å². The second-order valence-corrected chi connectivity index (χ2v) is 6.95. The average molecular weight is 305 g/mol. The fourth-order valence-corrected chi connectivity index (χ4v) is 3.74. The van der Waals surface area contributed by atoms with E-state index < -0.39 is 0 Å². The monoisotopic (exact) mass is 305 g/mol. The van der Waals surface area contributed by atoms with Crippen molar-refractivity contribution in [2.24, 2.45) is 0 Å². The molecule has 0 unspecified atom stereocenters. The second-order valence-electron chi connectivity index (χ2n) is 6.95. The molecule has 0 spiro atoms. The summed E-state index contributed by atoms with van der Waals surface area (Å²) in [7, 11) is 0. The standard InChI is InChI=1S/C17H27N3O2/c1-12(2)16-15(13(3)18-22-16)17(21)20-10-6-7-14(11-20)19-8-4-5-9-19/h12,14H,4-11H2,1-3H3/t14-/m0/s1. The molecular weight excluding hydrogens is 278 g/mol. The summed E-state index contributed by atoms with van der Waals surface area (Å²) in [5.41, 5.74) is 1.41. The van der Waals surface area contributed by atoms with Gasteiger partial charge in [0.2, 0.25) is 0 Å². The lowest BCUT2D eigenvalue weighted by molar-refractivity contribution is 0.0604. The molecule has 3 heterocycles. The van der Waals surface area contributed by atoms with E-state index in [1.54, 1.807) is 0 Å². The van der Waals surface area contributed by atoms with Crippen molar-refractivity contribution in [3.05, 3.63) is 17.0 Å². The molecule has 0 saturated carbocycles. The maximum Gasteiger partial charge on any atom is 0.259 e. The zero-order valence-electron chi connectivity index (χ0n) is 14.0. The number of amides is 1. The molecule has 3 rings (SSSR count). The Bertz CT molecular complexity index is 532. The normalized spacial score (nSPS) is 23.5. The van der Waals surface area contributed by atoms with Gasteiger partial charge in [-0.15, -0.1) is 0 Å². The van der Waals surface area contributed by atoms with Crippen molar-refractivity contribution >= 4 is 5.91 Å². The van der Waals surface area contributed by atoms with Gasteiger partial charge in [0.15, 0.2) is 5.76 Å². The molecule has 0 aliphatic carbocycles. The first-order valence-corrected chi connectivity index (χ1v) is 8.57. The smallest absolute Gasteiger partial charge is 0.259 e. The summed E-state index contributed by atoms with van der Waals surface area (Å²) < 4.78 is 5.39. The van der Waals surface area contributed by atoms with Gasteiger partial charge in [-0.25, -0.2) is 0 Å². The summed E-state index contributed by atoms with van der Waals surface area (Å²) in [4.78, 5) is 17.5. The molecule has 2 aliphatic rings. The Kier molecular flexibility index (Phi) is 4.52. The van der Waals surface area contributed by atoms with Crippen molar-refractivity contribution in [1.82, 2.24) is 15.0 Å². The van der Waals surface area contributed by atoms with E-state index in [0.717, 1.165) is 31.0 Å². The first kappa shape index (κ1) is 15.5. The number of carbonyl (C=O) groups is 1. The number of aromatic nitrogens is 1. The number of hydrogen-bond acceptors (Lipinski definition) is 4. The summed E-state index contributed by atoms with van der Waals surface area (Å²) in [6, 6.07) is 0.530. The number of piperidine rings is 1. The summed E-state index contributed by atoms with van der Waals surface area (Å²) in [5.74, 6) is 1.01. The van der Waals surface area contributed by atoms with Crippen LogP contribution in [0.2, 0.25) is 0 Å². The number of nitrogens with zero attached hydrogens (tertiary/aromatic N) is 3. The van der Waals surface area contributed by atoms with Crippen molar-refractivity contribution in [2.75, 3.05) is 26.2 Å². The Balaban J connectivity index is 1.75. The highest BCUT2D eigenvalue weighted by Crippen LogP contribution is 2.26. The van der Waals surface area contributed by atoms with Gasteiger partial charge in [0, 0.05) is 25.0 Å². The maximum atomic E-state index is 13.0. The van der Waals surface area contributed by atoms with Gasteiger partial charge in [-0.1, -0.05) is 19.0 Å². The molecule has 0 aromatic carbocycles. The SMILES string of the molecule is Cc1noc(C(C)C)c1C(=O)N1CCC[C@H](N2CCCC2)C1. The molecule has 5 nitrogen and oxygen atoms in total. The van der Waals surface area contributed by atoms with Crippen molar-refractivity contribution in [3.8, 4) is 0 Å². The van der Waals surface area contributed by atoms with Crippen LogP contribution in [0.1, 0.15) is 67.3 Å². The van der Waals surface area contributed by atoms with Crippen LogP contribution in [0.25, 0.3) is 0 Å². The topological polar surface area (TPSA) is 49.6 Å². The van der Waals surface area contributed by atoms with E-state index in [2.05, 4.69) is 10.1 Å².